The molecule has 2 N–H and O–H groups in total. The van der Waals surface area contributed by atoms with Gasteiger partial charge >= 0.3 is 11.9 Å². The predicted octanol–water partition coefficient (Wildman–Crippen LogP) is 3.58. The van der Waals surface area contributed by atoms with Crippen LogP contribution in [0.3, 0.4) is 0 Å². The third-order valence-corrected chi connectivity index (χ3v) is 7.10. The van der Waals surface area contributed by atoms with Crippen molar-refractivity contribution in [2.45, 2.75) is 38.5 Å². The molecule has 0 atom stereocenters. The van der Waals surface area contributed by atoms with Crippen molar-refractivity contribution in [3.8, 4) is 0 Å². The number of ether oxygens (including phenoxy) is 1. The summed E-state index contributed by atoms with van der Waals surface area (Å²) in [5.41, 5.74) is 2.23. The number of benzene rings is 2. The van der Waals surface area contributed by atoms with Crippen LogP contribution in [0.1, 0.15) is 41.3 Å². The van der Waals surface area contributed by atoms with Crippen molar-refractivity contribution >= 4 is 33.3 Å². The number of carbonyl (C=O) groups excluding carboxylic acids is 1. The summed E-state index contributed by atoms with van der Waals surface area (Å²) in [5, 5.41) is 9.74. The van der Waals surface area contributed by atoms with Gasteiger partial charge in [-0.3, -0.25) is 9.52 Å². The summed E-state index contributed by atoms with van der Waals surface area (Å²) >= 11 is 0. The van der Waals surface area contributed by atoms with Crippen LogP contribution >= 0.6 is 0 Å². The second-order valence-corrected chi connectivity index (χ2v) is 9.58. The van der Waals surface area contributed by atoms with E-state index in [-0.39, 0.29) is 28.0 Å². The van der Waals surface area contributed by atoms with E-state index < -0.39 is 16.0 Å². The van der Waals surface area contributed by atoms with Crippen molar-refractivity contribution < 1.29 is 27.9 Å². The van der Waals surface area contributed by atoms with E-state index in [1.807, 2.05) is 11.8 Å². The molecule has 0 bridgehead atoms. The Bertz CT molecular complexity index is 1120. The van der Waals surface area contributed by atoms with Crippen LogP contribution in [0.2, 0.25) is 0 Å². The summed E-state index contributed by atoms with van der Waals surface area (Å²) in [5.74, 6) is -1.56. The topological polar surface area (TPSA) is 113 Å². The fourth-order valence-corrected chi connectivity index (χ4v) is 5.25. The smallest absolute Gasteiger partial charge is 0.337 e. The number of piperidine rings is 1. The van der Waals surface area contributed by atoms with Gasteiger partial charge in [-0.2, -0.15) is 0 Å². The lowest BCUT2D eigenvalue weighted by atomic mass is 9.96. The SMILES string of the molecule is CCOC(=O)C1CCN(c2ccc(NS(=O)(=O)c3ccc(C)cc3C)cc2C(=O)O)CC1. The Labute approximate surface area is 188 Å². The maximum atomic E-state index is 12.8. The fraction of sp³-hybridized carbons (Fsp3) is 0.391. The largest absolute Gasteiger partial charge is 0.478 e. The average Bonchev–Trinajstić information content (AvgIpc) is 2.73. The first-order valence-electron chi connectivity index (χ1n) is 10.5. The highest BCUT2D eigenvalue weighted by atomic mass is 32.2. The Kier molecular flexibility index (Phi) is 7.08. The van der Waals surface area contributed by atoms with Crippen molar-refractivity contribution in [2.24, 2.45) is 5.92 Å². The number of hydrogen-bond donors (Lipinski definition) is 2. The predicted molar refractivity (Wildman–Crippen MR) is 122 cm³/mol. The first-order chi connectivity index (χ1) is 15.1. The highest BCUT2D eigenvalue weighted by Gasteiger charge is 2.28. The van der Waals surface area contributed by atoms with Crippen LogP contribution in [-0.2, 0) is 19.6 Å². The number of sulfonamides is 1. The van der Waals surface area contributed by atoms with Gasteiger partial charge in [0.15, 0.2) is 0 Å². The molecule has 0 aliphatic carbocycles. The van der Waals surface area contributed by atoms with Crippen LogP contribution in [0, 0.1) is 19.8 Å². The number of carboxylic acids is 1. The second kappa shape index (κ2) is 9.60. The highest BCUT2D eigenvalue weighted by molar-refractivity contribution is 7.92. The third kappa shape index (κ3) is 5.21. The van der Waals surface area contributed by atoms with Crippen molar-refractivity contribution in [1.29, 1.82) is 0 Å². The van der Waals surface area contributed by atoms with E-state index in [1.165, 1.54) is 12.1 Å². The molecule has 0 aromatic heterocycles. The molecule has 0 spiro atoms. The van der Waals surface area contributed by atoms with Gasteiger partial charge < -0.3 is 14.7 Å². The van der Waals surface area contributed by atoms with Gasteiger partial charge in [0.25, 0.3) is 10.0 Å². The summed E-state index contributed by atoms with van der Waals surface area (Å²) in [4.78, 5) is 25.9. The third-order valence-electron chi connectivity index (χ3n) is 5.55. The van der Waals surface area contributed by atoms with Gasteiger partial charge in [0.1, 0.15) is 0 Å². The number of carbonyl (C=O) groups is 2. The van der Waals surface area contributed by atoms with Crippen LogP contribution in [0.15, 0.2) is 41.3 Å². The lowest BCUT2D eigenvalue weighted by Crippen LogP contribution is -2.37. The van der Waals surface area contributed by atoms with Gasteiger partial charge in [-0.1, -0.05) is 17.7 Å². The standard InChI is InChI=1S/C23H28N2O6S/c1-4-31-23(28)17-9-11-25(12-10-17)20-7-6-18(14-19(20)22(26)27)24-32(29,30)21-8-5-15(2)13-16(21)3/h5-8,13-14,17,24H,4,9-12H2,1-3H3,(H,26,27). The van der Waals surface area contributed by atoms with E-state index in [0.717, 1.165) is 5.56 Å². The number of esters is 1. The van der Waals surface area contributed by atoms with Gasteiger partial charge in [0.05, 0.1) is 28.7 Å². The minimum absolute atomic E-state index is 0.000382. The Morgan fingerprint density at radius 3 is 2.41 bits per heavy atom. The van der Waals surface area contributed by atoms with Gasteiger partial charge in [0, 0.05) is 18.8 Å². The van der Waals surface area contributed by atoms with E-state index in [9.17, 15) is 23.1 Å². The fourth-order valence-electron chi connectivity index (χ4n) is 3.97. The van der Waals surface area contributed by atoms with Gasteiger partial charge in [-0.15, -0.1) is 0 Å². The summed E-state index contributed by atoms with van der Waals surface area (Å²) < 4.78 is 33.3. The zero-order valence-corrected chi connectivity index (χ0v) is 19.2. The molecule has 1 saturated heterocycles. The molecule has 9 heteroatoms. The number of rotatable bonds is 7. The number of hydrogen-bond acceptors (Lipinski definition) is 6. The first kappa shape index (κ1) is 23.6. The van der Waals surface area contributed by atoms with Crippen LogP contribution in [0.25, 0.3) is 0 Å². The Morgan fingerprint density at radius 1 is 1.12 bits per heavy atom. The monoisotopic (exact) mass is 460 g/mol. The molecule has 1 fully saturated rings. The molecule has 172 valence electrons. The second-order valence-electron chi connectivity index (χ2n) is 7.92. The summed E-state index contributed by atoms with van der Waals surface area (Å²) in [6.07, 6.45) is 1.14. The quantitative estimate of drug-likeness (QED) is 0.607. The maximum absolute atomic E-state index is 12.8. The molecule has 3 rings (SSSR count). The van der Waals surface area contributed by atoms with Crippen LogP contribution in [0.4, 0.5) is 11.4 Å². The first-order valence-corrected chi connectivity index (χ1v) is 12.0. The summed E-state index contributed by atoms with van der Waals surface area (Å²) in [7, 11) is -3.87. The molecule has 2 aromatic rings. The minimum Gasteiger partial charge on any atom is -0.478 e. The number of nitrogens with one attached hydrogen (secondary N) is 1. The van der Waals surface area contributed by atoms with E-state index in [2.05, 4.69) is 4.72 Å². The Balaban J connectivity index is 1.81. The zero-order chi connectivity index (χ0) is 23.5. The highest BCUT2D eigenvalue weighted by Crippen LogP contribution is 2.30. The van der Waals surface area contributed by atoms with Crippen LogP contribution in [0.5, 0.6) is 0 Å². The lowest BCUT2D eigenvalue weighted by molar-refractivity contribution is -0.148. The van der Waals surface area contributed by atoms with E-state index in [4.69, 9.17) is 4.74 Å². The van der Waals surface area contributed by atoms with E-state index >= 15 is 0 Å². The maximum Gasteiger partial charge on any atom is 0.337 e. The normalized spacial score (nSPS) is 14.8. The molecule has 8 nitrogen and oxygen atoms in total. The molecule has 0 saturated carbocycles. The Morgan fingerprint density at radius 2 is 1.81 bits per heavy atom. The molecule has 0 radical (unpaired) electrons. The zero-order valence-electron chi connectivity index (χ0n) is 18.4. The molecule has 1 heterocycles. The number of aromatic carboxylic acids is 1. The molecule has 2 aromatic carbocycles. The summed E-state index contributed by atoms with van der Waals surface area (Å²) in [6, 6.07) is 9.52. The molecule has 0 unspecified atom stereocenters. The summed E-state index contributed by atoms with van der Waals surface area (Å²) in [6.45, 7) is 6.72. The molecule has 32 heavy (non-hydrogen) atoms. The van der Waals surface area contributed by atoms with E-state index in [1.54, 1.807) is 38.1 Å². The van der Waals surface area contributed by atoms with Crippen LogP contribution in [-0.4, -0.2) is 45.2 Å². The minimum atomic E-state index is -3.87. The van der Waals surface area contributed by atoms with Crippen molar-refractivity contribution in [3.05, 3.63) is 53.1 Å². The van der Waals surface area contributed by atoms with Crippen molar-refractivity contribution in [2.75, 3.05) is 29.3 Å². The lowest BCUT2D eigenvalue weighted by Gasteiger charge is -2.33. The van der Waals surface area contributed by atoms with Gasteiger partial charge in [-0.25, -0.2) is 13.2 Å². The molecule has 1 aliphatic rings. The molecular weight excluding hydrogens is 432 g/mol. The van der Waals surface area contributed by atoms with Gasteiger partial charge in [-0.05, 0) is 63.4 Å². The van der Waals surface area contributed by atoms with Gasteiger partial charge in [0.2, 0.25) is 0 Å². The van der Waals surface area contributed by atoms with E-state index in [0.29, 0.717) is 43.8 Å². The Hall–Kier alpha value is -3.07. The number of anilines is 2. The van der Waals surface area contributed by atoms with Crippen LogP contribution < -0.4 is 9.62 Å². The molecular formula is C23H28N2O6S. The molecule has 1 aliphatic heterocycles. The van der Waals surface area contributed by atoms with Crippen molar-refractivity contribution in [1.82, 2.24) is 0 Å². The average molecular weight is 461 g/mol. The molecule has 0 amide bonds. The number of aryl methyl sites for hydroxylation is 2. The van der Waals surface area contributed by atoms with Crippen molar-refractivity contribution in [3.63, 3.8) is 0 Å². The number of nitrogens with zero attached hydrogens (tertiary/aromatic N) is 1. The number of carboxylic acid groups (broad SMARTS) is 1.